The molecular formula is C30H34ClFN8O4. The molecule has 0 radical (unpaired) electrons. The van der Waals surface area contributed by atoms with E-state index in [1.54, 1.807) is 24.3 Å². The molecular weight excluding hydrogens is 591 g/mol. The second-order valence-electron chi connectivity index (χ2n) is 11.8. The highest BCUT2D eigenvalue weighted by molar-refractivity contribution is 6.33. The first-order valence-electron chi connectivity index (χ1n) is 14.3. The Bertz CT molecular complexity index is 1720. The summed E-state index contributed by atoms with van der Waals surface area (Å²) in [5.74, 6) is -0.0291. The first-order chi connectivity index (χ1) is 21.1. The molecule has 6 rings (SSSR count). The molecule has 12 nitrogen and oxygen atoms in total. The van der Waals surface area contributed by atoms with Crippen molar-refractivity contribution >= 4 is 45.1 Å². The maximum atomic E-state index is 14.7. The first-order valence-corrected chi connectivity index (χ1v) is 14.7. The highest BCUT2D eigenvalue weighted by Gasteiger charge is 2.40. The Morgan fingerprint density at radius 1 is 1.16 bits per heavy atom. The summed E-state index contributed by atoms with van der Waals surface area (Å²) >= 11 is 6.37. The van der Waals surface area contributed by atoms with Crippen molar-refractivity contribution in [3.63, 3.8) is 0 Å². The number of hydrogen-bond acceptors (Lipinski definition) is 10. The number of anilines is 1. The number of rotatable bonds is 7. The Kier molecular flexibility index (Phi) is 8.03. The predicted molar refractivity (Wildman–Crippen MR) is 164 cm³/mol. The van der Waals surface area contributed by atoms with Gasteiger partial charge < -0.3 is 24.0 Å². The summed E-state index contributed by atoms with van der Waals surface area (Å²) in [4.78, 5) is 32.4. The Balaban J connectivity index is 1.42. The minimum Gasteiger partial charge on any atom is -0.456 e. The number of aromatic amines is 1. The van der Waals surface area contributed by atoms with E-state index in [1.165, 1.54) is 18.3 Å². The number of amides is 1. The van der Waals surface area contributed by atoms with Crippen LogP contribution in [0.2, 0.25) is 5.02 Å². The van der Waals surface area contributed by atoms with E-state index in [9.17, 15) is 9.18 Å². The smallest absolute Gasteiger partial charge is 0.319 e. The second kappa shape index (κ2) is 11.8. The molecule has 2 aliphatic rings. The van der Waals surface area contributed by atoms with E-state index in [0.29, 0.717) is 66.9 Å². The molecule has 4 aromatic rings. The fourth-order valence-corrected chi connectivity index (χ4v) is 5.79. The van der Waals surface area contributed by atoms with Crippen molar-refractivity contribution in [2.24, 2.45) is 0 Å². The topological polar surface area (TPSA) is 122 Å². The van der Waals surface area contributed by atoms with Crippen LogP contribution < -0.4 is 14.4 Å². The zero-order valence-electron chi connectivity index (χ0n) is 25.0. The number of nitrogens with one attached hydrogen (secondary N) is 1. The van der Waals surface area contributed by atoms with Gasteiger partial charge in [-0.3, -0.25) is 14.8 Å². The Morgan fingerprint density at radius 3 is 2.61 bits per heavy atom. The van der Waals surface area contributed by atoms with Gasteiger partial charge in [0.15, 0.2) is 5.75 Å². The van der Waals surface area contributed by atoms with Crippen LogP contribution in [-0.4, -0.2) is 105 Å². The van der Waals surface area contributed by atoms with Crippen molar-refractivity contribution in [1.29, 1.82) is 0 Å². The van der Waals surface area contributed by atoms with E-state index >= 15 is 0 Å². The second-order valence-corrected chi connectivity index (χ2v) is 12.2. The number of benzene rings is 1. The molecule has 1 N–H and O–H groups in total. The van der Waals surface area contributed by atoms with E-state index < -0.39 is 5.82 Å². The molecule has 1 amide bonds. The van der Waals surface area contributed by atoms with Crippen LogP contribution in [-0.2, 0) is 9.53 Å². The summed E-state index contributed by atoms with van der Waals surface area (Å²) in [6.07, 6.45) is 3.86. The number of aromatic nitrogens is 5. The van der Waals surface area contributed by atoms with Gasteiger partial charge in [0.25, 0.3) is 0 Å². The van der Waals surface area contributed by atoms with Crippen LogP contribution in [0.4, 0.5) is 10.2 Å². The highest BCUT2D eigenvalue weighted by Crippen LogP contribution is 2.40. The molecule has 0 aliphatic carbocycles. The normalized spacial score (nSPS) is 19.6. The fraction of sp³-hybridized carbons (Fsp3) is 0.433. The molecule has 2 fully saturated rings. The van der Waals surface area contributed by atoms with Crippen LogP contribution in [0.25, 0.3) is 21.8 Å². The third-order valence-electron chi connectivity index (χ3n) is 8.12. The van der Waals surface area contributed by atoms with Crippen LogP contribution in [0.5, 0.6) is 17.6 Å². The van der Waals surface area contributed by atoms with Crippen LogP contribution in [0.1, 0.15) is 20.8 Å². The summed E-state index contributed by atoms with van der Waals surface area (Å²) < 4.78 is 33.2. The Morgan fingerprint density at radius 2 is 1.91 bits per heavy atom. The van der Waals surface area contributed by atoms with E-state index in [2.05, 4.69) is 52.3 Å². The molecule has 14 heteroatoms. The van der Waals surface area contributed by atoms with E-state index in [1.807, 2.05) is 0 Å². The van der Waals surface area contributed by atoms with Gasteiger partial charge in [-0.25, -0.2) is 9.37 Å². The number of pyridine rings is 1. The molecule has 0 unspecified atom stereocenters. The van der Waals surface area contributed by atoms with Gasteiger partial charge in [-0.2, -0.15) is 15.1 Å². The fourth-order valence-electron chi connectivity index (χ4n) is 5.60. The maximum absolute atomic E-state index is 14.7. The summed E-state index contributed by atoms with van der Waals surface area (Å²) in [5.41, 5.74) is 0.692. The minimum atomic E-state index is -0.667. The van der Waals surface area contributed by atoms with E-state index in [-0.39, 0.29) is 46.3 Å². The molecule has 0 saturated carbocycles. The predicted octanol–water partition coefficient (Wildman–Crippen LogP) is 4.20. The van der Waals surface area contributed by atoms with Crippen molar-refractivity contribution < 1.29 is 23.4 Å². The van der Waals surface area contributed by atoms with Gasteiger partial charge in [0.2, 0.25) is 11.8 Å². The van der Waals surface area contributed by atoms with Gasteiger partial charge in [0.05, 0.1) is 22.5 Å². The number of carbonyl (C=O) groups excluding carboxylic acids is 1. The van der Waals surface area contributed by atoms with Crippen LogP contribution >= 0.6 is 11.6 Å². The maximum Gasteiger partial charge on any atom is 0.319 e. The van der Waals surface area contributed by atoms with Crippen LogP contribution in [0.3, 0.4) is 0 Å². The number of ether oxygens (including phenoxy) is 3. The molecule has 1 aromatic carbocycles. The van der Waals surface area contributed by atoms with Crippen molar-refractivity contribution in [3.8, 4) is 17.6 Å². The SMILES string of the molecule is C=CC(=O)N1CCN(c2nc(O[C@@H]3CN(C(C)(C)C)C[C@H]3OC)nc3c(Oc4c(Cl)c(F)cc5[nH]ncc45)nccc23)CC1. The van der Waals surface area contributed by atoms with Gasteiger partial charge >= 0.3 is 6.01 Å². The third kappa shape index (κ3) is 5.62. The zero-order chi connectivity index (χ0) is 31.2. The number of methoxy groups -OCH3 is 1. The lowest BCUT2D eigenvalue weighted by Crippen LogP contribution is -2.48. The summed E-state index contributed by atoms with van der Waals surface area (Å²) in [6.45, 7) is 13.4. The van der Waals surface area contributed by atoms with Gasteiger partial charge in [0.1, 0.15) is 34.4 Å². The number of likely N-dealkylation sites (tertiary alicyclic amines) is 1. The number of halogens is 2. The third-order valence-corrected chi connectivity index (χ3v) is 8.47. The molecule has 44 heavy (non-hydrogen) atoms. The lowest BCUT2D eigenvalue weighted by Gasteiger charge is -2.35. The number of fused-ring (bicyclic) bond motifs is 2. The Hall–Kier alpha value is -4.07. The van der Waals surface area contributed by atoms with Gasteiger partial charge in [-0.05, 0) is 32.9 Å². The van der Waals surface area contributed by atoms with Crippen LogP contribution in [0.15, 0.2) is 37.2 Å². The molecule has 0 spiro atoms. The molecule has 3 aromatic heterocycles. The summed E-state index contributed by atoms with van der Waals surface area (Å²) in [7, 11) is 1.67. The van der Waals surface area contributed by atoms with Crippen molar-refractivity contribution in [3.05, 3.63) is 48.0 Å². The van der Waals surface area contributed by atoms with E-state index in [0.717, 1.165) is 0 Å². The lowest BCUT2D eigenvalue weighted by atomic mass is 10.1. The van der Waals surface area contributed by atoms with Gasteiger partial charge in [-0.1, -0.05) is 18.2 Å². The quantitative estimate of drug-likeness (QED) is 0.300. The van der Waals surface area contributed by atoms with Crippen molar-refractivity contribution in [2.75, 3.05) is 51.3 Å². The standard InChI is InChI=1S/C30H34ClFN8O4/c1-6-23(41)38-9-11-39(12-10-38)27-17-7-8-33-28(44-26-18-14-34-37-20(18)13-19(32)24(26)31)25(17)35-29(36-27)43-22-16-40(30(2,3)4)15-21(22)42-5/h6-8,13-14,21-22H,1,9-12,15-16H2,2-5H3,(H,34,37)/t21-,22-/m1/s1. The summed E-state index contributed by atoms with van der Waals surface area (Å²) in [6, 6.07) is 3.17. The van der Waals surface area contributed by atoms with E-state index in [4.69, 9.17) is 35.8 Å². The number of piperazine rings is 1. The lowest BCUT2D eigenvalue weighted by molar-refractivity contribution is -0.126. The van der Waals surface area contributed by atoms with Crippen LogP contribution in [0, 0.1) is 5.82 Å². The first kappa shape index (κ1) is 30.0. The monoisotopic (exact) mass is 624 g/mol. The van der Waals surface area contributed by atoms with Crippen molar-refractivity contribution in [1.82, 2.24) is 34.9 Å². The molecule has 5 heterocycles. The number of H-pyrrole nitrogens is 1. The Labute approximate surface area is 258 Å². The molecule has 2 atom stereocenters. The zero-order valence-corrected chi connectivity index (χ0v) is 25.8. The summed E-state index contributed by atoms with van der Waals surface area (Å²) in [5, 5.41) is 7.67. The molecule has 0 bridgehead atoms. The number of carbonyl (C=O) groups is 1. The average molecular weight is 625 g/mol. The van der Waals surface area contributed by atoms with Crippen molar-refractivity contribution in [2.45, 2.75) is 38.5 Å². The average Bonchev–Trinajstić information content (AvgIpc) is 3.66. The number of nitrogens with zero attached hydrogens (tertiary/aromatic N) is 7. The highest BCUT2D eigenvalue weighted by atomic mass is 35.5. The molecule has 2 saturated heterocycles. The molecule has 232 valence electrons. The number of hydrogen-bond donors (Lipinski definition) is 1. The minimum absolute atomic E-state index is 0.0608. The van der Waals surface area contributed by atoms with Gasteiger partial charge in [0, 0.05) is 64.2 Å². The molecule has 2 aliphatic heterocycles. The largest absolute Gasteiger partial charge is 0.456 e. The van der Waals surface area contributed by atoms with Gasteiger partial charge in [-0.15, -0.1) is 0 Å².